The van der Waals surface area contributed by atoms with Crippen LogP contribution in [0.1, 0.15) is 32.6 Å². The standard InChI is InChI=1S/C9H18O3/c1-2-3-6-11-8-4-5-9(10)12-7-8/h8-10H,2-7H2,1H3/t8-,9-/m0/s1. The van der Waals surface area contributed by atoms with Crippen LogP contribution in [0.25, 0.3) is 0 Å². The molecule has 0 spiro atoms. The molecule has 12 heavy (non-hydrogen) atoms. The van der Waals surface area contributed by atoms with Crippen molar-refractivity contribution < 1.29 is 14.6 Å². The van der Waals surface area contributed by atoms with Gasteiger partial charge in [0.05, 0.1) is 12.7 Å². The van der Waals surface area contributed by atoms with Crippen LogP contribution < -0.4 is 0 Å². The first-order valence-corrected chi connectivity index (χ1v) is 4.74. The monoisotopic (exact) mass is 174 g/mol. The van der Waals surface area contributed by atoms with E-state index >= 15 is 0 Å². The fourth-order valence-electron chi connectivity index (χ4n) is 1.24. The molecule has 0 amide bonds. The Labute approximate surface area is 73.7 Å². The summed E-state index contributed by atoms with van der Waals surface area (Å²) in [7, 11) is 0. The Morgan fingerprint density at radius 2 is 2.33 bits per heavy atom. The first-order chi connectivity index (χ1) is 5.83. The van der Waals surface area contributed by atoms with Crippen LogP contribution in [0.15, 0.2) is 0 Å². The van der Waals surface area contributed by atoms with Crippen LogP contribution in [-0.4, -0.2) is 30.7 Å². The molecule has 0 saturated carbocycles. The van der Waals surface area contributed by atoms with Crippen molar-refractivity contribution in [1.82, 2.24) is 0 Å². The molecule has 1 saturated heterocycles. The predicted octanol–water partition coefficient (Wildman–Crippen LogP) is 1.30. The molecule has 2 atom stereocenters. The van der Waals surface area contributed by atoms with Crippen molar-refractivity contribution >= 4 is 0 Å². The highest BCUT2D eigenvalue weighted by Crippen LogP contribution is 2.14. The van der Waals surface area contributed by atoms with Gasteiger partial charge in [-0.3, -0.25) is 0 Å². The average molecular weight is 174 g/mol. The van der Waals surface area contributed by atoms with E-state index in [-0.39, 0.29) is 6.10 Å². The van der Waals surface area contributed by atoms with E-state index in [4.69, 9.17) is 14.6 Å². The normalized spacial score (nSPS) is 30.5. The molecule has 1 N–H and O–H groups in total. The molecule has 1 heterocycles. The van der Waals surface area contributed by atoms with E-state index < -0.39 is 6.29 Å². The van der Waals surface area contributed by atoms with Gasteiger partial charge in [-0.05, 0) is 12.8 Å². The lowest BCUT2D eigenvalue weighted by molar-refractivity contribution is -0.167. The minimum atomic E-state index is -0.559. The zero-order valence-corrected chi connectivity index (χ0v) is 7.66. The quantitative estimate of drug-likeness (QED) is 0.653. The molecule has 0 radical (unpaired) electrons. The predicted molar refractivity (Wildman–Crippen MR) is 45.8 cm³/mol. The second-order valence-corrected chi connectivity index (χ2v) is 3.21. The van der Waals surface area contributed by atoms with E-state index in [1.165, 1.54) is 0 Å². The van der Waals surface area contributed by atoms with Crippen molar-refractivity contribution in [2.24, 2.45) is 0 Å². The number of rotatable bonds is 4. The van der Waals surface area contributed by atoms with E-state index in [2.05, 4.69) is 6.92 Å². The Balaban J connectivity index is 2.01. The van der Waals surface area contributed by atoms with Crippen molar-refractivity contribution in [2.75, 3.05) is 13.2 Å². The summed E-state index contributed by atoms with van der Waals surface area (Å²) in [6.45, 7) is 3.51. The molecule has 0 aromatic rings. The summed E-state index contributed by atoms with van der Waals surface area (Å²) >= 11 is 0. The lowest BCUT2D eigenvalue weighted by Gasteiger charge is -2.25. The second kappa shape index (κ2) is 5.51. The third-order valence-corrected chi connectivity index (χ3v) is 2.06. The third kappa shape index (κ3) is 3.52. The number of aliphatic hydroxyl groups excluding tert-OH is 1. The van der Waals surface area contributed by atoms with Crippen LogP contribution in [0.4, 0.5) is 0 Å². The number of hydrogen-bond acceptors (Lipinski definition) is 3. The highest BCUT2D eigenvalue weighted by molar-refractivity contribution is 4.64. The maximum atomic E-state index is 9.02. The molecule has 1 aliphatic rings. The topological polar surface area (TPSA) is 38.7 Å². The fraction of sp³-hybridized carbons (Fsp3) is 1.00. The summed E-state index contributed by atoms with van der Waals surface area (Å²) in [5, 5.41) is 9.02. The molecule has 3 heteroatoms. The van der Waals surface area contributed by atoms with Gasteiger partial charge in [0.15, 0.2) is 6.29 Å². The first-order valence-electron chi connectivity index (χ1n) is 4.74. The lowest BCUT2D eigenvalue weighted by Crippen LogP contribution is -2.31. The highest BCUT2D eigenvalue weighted by atomic mass is 16.6. The molecule has 1 aliphatic heterocycles. The van der Waals surface area contributed by atoms with E-state index in [0.29, 0.717) is 13.0 Å². The molecule has 72 valence electrons. The van der Waals surface area contributed by atoms with Crippen LogP contribution in [-0.2, 0) is 9.47 Å². The Bertz CT molecular complexity index is 108. The minimum absolute atomic E-state index is 0.208. The zero-order valence-electron chi connectivity index (χ0n) is 7.66. The van der Waals surface area contributed by atoms with Gasteiger partial charge in [0.1, 0.15) is 0 Å². The smallest absolute Gasteiger partial charge is 0.154 e. The molecule has 1 fully saturated rings. The van der Waals surface area contributed by atoms with Gasteiger partial charge in [-0.25, -0.2) is 0 Å². The minimum Gasteiger partial charge on any atom is -0.376 e. The maximum Gasteiger partial charge on any atom is 0.154 e. The number of hydrogen-bond donors (Lipinski definition) is 1. The van der Waals surface area contributed by atoms with E-state index in [1.807, 2.05) is 0 Å². The Kier molecular flexibility index (Phi) is 4.58. The summed E-state index contributed by atoms with van der Waals surface area (Å²) in [6, 6.07) is 0. The molecule has 0 aromatic heterocycles. The second-order valence-electron chi connectivity index (χ2n) is 3.21. The van der Waals surface area contributed by atoms with Gasteiger partial charge in [0, 0.05) is 13.0 Å². The van der Waals surface area contributed by atoms with Crippen molar-refractivity contribution in [1.29, 1.82) is 0 Å². The molecular weight excluding hydrogens is 156 g/mol. The molecule has 3 nitrogen and oxygen atoms in total. The molecule has 0 bridgehead atoms. The summed E-state index contributed by atoms with van der Waals surface area (Å²) in [6.07, 6.45) is 3.55. The van der Waals surface area contributed by atoms with Gasteiger partial charge >= 0.3 is 0 Å². The van der Waals surface area contributed by atoms with Gasteiger partial charge in [-0.2, -0.15) is 0 Å². The van der Waals surface area contributed by atoms with E-state index in [9.17, 15) is 0 Å². The molecule has 1 rings (SSSR count). The maximum absolute atomic E-state index is 9.02. The van der Waals surface area contributed by atoms with Gasteiger partial charge < -0.3 is 14.6 Å². The average Bonchev–Trinajstić information content (AvgIpc) is 2.09. The van der Waals surface area contributed by atoms with Crippen molar-refractivity contribution in [3.05, 3.63) is 0 Å². The molecule has 0 aliphatic carbocycles. The SMILES string of the molecule is CCCCO[C@H]1CC[C@@H](O)OC1. The third-order valence-electron chi connectivity index (χ3n) is 2.06. The van der Waals surface area contributed by atoms with Crippen molar-refractivity contribution in [3.8, 4) is 0 Å². The zero-order chi connectivity index (χ0) is 8.81. The molecule has 0 unspecified atom stereocenters. The first kappa shape index (κ1) is 9.96. The van der Waals surface area contributed by atoms with Crippen LogP contribution >= 0.6 is 0 Å². The number of ether oxygens (including phenoxy) is 2. The van der Waals surface area contributed by atoms with Gasteiger partial charge in [-0.15, -0.1) is 0 Å². The molecular formula is C9H18O3. The Hall–Kier alpha value is -0.120. The van der Waals surface area contributed by atoms with Crippen molar-refractivity contribution in [3.63, 3.8) is 0 Å². The summed E-state index contributed by atoms with van der Waals surface area (Å²) in [5.41, 5.74) is 0. The Morgan fingerprint density at radius 3 is 2.92 bits per heavy atom. The van der Waals surface area contributed by atoms with Crippen LogP contribution in [0.5, 0.6) is 0 Å². The van der Waals surface area contributed by atoms with Crippen LogP contribution in [0, 0.1) is 0 Å². The van der Waals surface area contributed by atoms with Crippen LogP contribution in [0.3, 0.4) is 0 Å². The van der Waals surface area contributed by atoms with E-state index in [0.717, 1.165) is 25.9 Å². The van der Waals surface area contributed by atoms with Crippen LogP contribution in [0.2, 0.25) is 0 Å². The van der Waals surface area contributed by atoms with E-state index in [1.54, 1.807) is 0 Å². The summed E-state index contributed by atoms with van der Waals surface area (Å²) in [5.74, 6) is 0. The number of unbranched alkanes of at least 4 members (excludes halogenated alkanes) is 1. The summed E-state index contributed by atoms with van der Waals surface area (Å²) < 4.78 is 10.6. The number of aliphatic hydroxyl groups is 1. The van der Waals surface area contributed by atoms with Crippen molar-refractivity contribution in [2.45, 2.75) is 45.0 Å². The van der Waals surface area contributed by atoms with Gasteiger partial charge in [0.25, 0.3) is 0 Å². The fourth-order valence-corrected chi connectivity index (χ4v) is 1.24. The van der Waals surface area contributed by atoms with Gasteiger partial charge in [0.2, 0.25) is 0 Å². The van der Waals surface area contributed by atoms with Gasteiger partial charge in [-0.1, -0.05) is 13.3 Å². The Morgan fingerprint density at radius 1 is 1.50 bits per heavy atom. The lowest BCUT2D eigenvalue weighted by atomic mass is 10.1. The summed E-state index contributed by atoms with van der Waals surface area (Å²) in [4.78, 5) is 0. The largest absolute Gasteiger partial charge is 0.376 e. The molecule has 0 aromatic carbocycles. The highest BCUT2D eigenvalue weighted by Gasteiger charge is 2.19.